The van der Waals surface area contributed by atoms with E-state index in [9.17, 15) is 62.3 Å². The van der Waals surface area contributed by atoms with Crippen LogP contribution in [-0.4, -0.2) is 164 Å². The highest BCUT2D eigenvalue weighted by molar-refractivity contribution is 5.92. The molecule has 0 aliphatic carbocycles. The first-order valence-corrected chi connectivity index (χ1v) is 45.2. The smallest absolute Gasteiger partial charge is 0.412 e. The van der Waals surface area contributed by atoms with E-state index in [4.69, 9.17) is 61.6 Å². The molecule has 146 heavy (non-hydrogen) atoms. The Bertz CT molecular complexity index is 5690. The third kappa shape index (κ3) is 43.3. The molecule has 754 valence electrons. The van der Waals surface area contributed by atoms with E-state index in [-0.39, 0.29) is 46.2 Å². The van der Waals surface area contributed by atoms with Gasteiger partial charge in [-0.05, 0) is 164 Å². The molecule has 0 radical (unpaired) electrons. The number of para-hydroxylation sites is 12. The van der Waals surface area contributed by atoms with Crippen LogP contribution in [0.4, 0.5) is 126 Å². The molecular weight excluding hydrogens is 1880 g/mol. The predicted molar refractivity (Wildman–Crippen MR) is 547 cm³/mol. The Hall–Kier alpha value is -19.4. The van der Waals surface area contributed by atoms with Crippen LogP contribution in [0.1, 0.15) is 23.7 Å². The molecule has 38 heteroatoms. The molecule has 0 atom stereocenters. The van der Waals surface area contributed by atoms with E-state index in [1.54, 1.807) is 352 Å². The number of nitrogens with one attached hydrogen (secondary N) is 12. The first kappa shape index (κ1) is 109. The van der Waals surface area contributed by atoms with Gasteiger partial charge in [0.2, 0.25) is 0 Å². The minimum atomic E-state index is -1.52. The molecule has 12 N–H and O–H groups in total. The van der Waals surface area contributed by atoms with Gasteiger partial charge in [0, 0.05) is 68.2 Å². The Kier molecular flexibility index (Phi) is 45.4. The molecule has 0 fully saturated rings. The Labute approximate surface area is 839 Å². The molecule has 0 aromatic heterocycles. The van der Waals surface area contributed by atoms with Gasteiger partial charge in [-0.3, -0.25) is 63.8 Å². The van der Waals surface area contributed by atoms with Crippen molar-refractivity contribution in [2.75, 3.05) is 136 Å². The summed E-state index contributed by atoms with van der Waals surface area (Å²) < 4.78 is 69.5. The van der Waals surface area contributed by atoms with Gasteiger partial charge in [0.05, 0.1) is 11.0 Å². The molecule has 0 aliphatic rings. The normalized spacial score (nSPS) is 10.3. The number of benzene rings is 13. The fourth-order valence-electron chi connectivity index (χ4n) is 12.2. The third-order valence-corrected chi connectivity index (χ3v) is 19.7. The van der Waals surface area contributed by atoms with Gasteiger partial charge in [0.15, 0.2) is 12.2 Å². The molecule has 0 saturated heterocycles. The maximum absolute atomic E-state index is 12.7. The number of esters is 1. The molecule has 0 bridgehead atoms. The molecule has 0 saturated carbocycles. The number of anilines is 12. The van der Waals surface area contributed by atoms with E-state index < -0.39 is 129 Å². The summed E-state index contributed by atoms with van der Waals surface area (Å²) in [5, 5.41) is 31.0. The van der Waals surface area contributed by atoms with Crippen molar-refractivity contribution in [1.29, 1.82) is 0 Å². The maximum Gasteiger partial charge on any atom is 0.412 e. The van der Waals surface area contributed by atoms with Gasteiger partial charge in [0.1, 0.15) is 78.1 Å². The zero-order valence-corrected chi connectivity index (χ0v) is 78.8. The van der Waals surface area contributed by atoms with Gasteiger partial charge >= 0.3 is 79.1 Å². The van der Waals surface area contributed by atoms with E-state index in [0.29, 0.717) is 80.2 Å². The van der Waals surface area contributed by atoms with Crippen molar-refractivity contribution in [2.24, 2.45) is 10.8 Å². The van der Waals surface area contributed by atoms with Gasteiger partial charge in [0.25, 0.3) is 0 Å². The van der Waals surface area contributed by atoms with E-state index in [2.05, 4.69) is 63.8 Å². The molecular formula is C108H106N12O26. The quantitative estimate of drug-likeness (QED) is 0.0126. The van der Waals surface area contributed by atoms with Crippen molar-refractivity contribution in [3.05, 3.63) is 400 Å². The Morgan fingerprint density at radius 2 is 0.315 bits per heavy atom. The van der Waals surface area contributed by atoms with Crippen LogP contribution in [0.3, 0.4) is 0 Å². The van der Waals surface area contributed by atoms with Gasteiger partial charge in [-0.2, -0.15) is 0 Å². The van der Waals surface area contributed by atoms with Gasteiger partial charge in [-0.25, -0.2) is 62.3 Å². The minimum absolute atomic E-state index is 0.153. The van der Waals surface area contributed by atoms with Crippen molar-refractivity contribution in [2.45, 2.75) is 25.6 Å². The van der Waals surface area contributed by atoms with E-state index in [1.165, 1.54) is 0 Å². The second-order valence-electron chi connectivity index (χ2n) is 31.1. The van der Waals surface area contributed by atoms with Crippen LogP contribution in [0.15, 0.2) is 394 Å². The second-order valence-corrected chi connectivity index (χ2v) is 31.1. The molecule has 13 rings (SSSR count). The highest BCUT2D eigenvalue weighted by atomic mass is 16.6. The van der Waals surface area contributed by atoms with Crippen LogP contribution in [-0.2, 0) is 61.6 Å². The Morgan fingerprint density at radius 3 is 0.479 bits per heavy atom. The van der Waals surface area contributed by atoms with Crippen LogP contribution in [0, 0.1) is 10.8 Å². The Balaban J connectivity index is 0.000000201. The first-order valence-electron chi connectivity index (χ1n) is 45.2. The average molecular weight is 1990 g/mol. The van der Waals surface area contributed by atoms with Crippen molar-refractivity contribution < 1.29 is 124 Å². The van der Waals surface area contributed by atoms with Crippen molar-refractivity contribution >= 4 is 147 Å². The van der Waals surface area contributed by atoms with Crippen LogP contribution in [0.25, 0.3) is 0 Å². The summed E-state index contributed by atoms with van der Waals surface area (Å²) in [6.45, 7) is -1.80. The summed E-state index contributed by atoms with van der Waals surface area (Å²) >= 11 is 0. The lowest BCUT2D eigenvalue weighted by Crippen LogP contribution is -2.45. The van der Waals surface area contributed by atoms with E-state index in [1.807, 2.05) is 49.4 Å². The van der Waals surface area contributed by atoms with Crippen molar-refractivity contribution in [1.82, 2.24) is 0 Å². The summed E-state index contributed by atoms with van der Waals surface area (Å²) in [5.41, 5.74) is 4.14. The van der Waals surface area contributed by atoms with Crippen molar-refractivity contribution in [3.63, 3.8) is 0 Å². The highest BCUT2D eigenvalue weighted by Gasteiger charge is 2.39. The lowest BCUT2D eigenvalue weighted by Gasteiger charge is -2.31. The monoisotopic (exact) mass is 1990 g/mol. The standard InChI is InChI=1S/C33H32N4O8.C27H29N3O6.C24H23N3O6.C24H22N2O6/c38-29(34-25-13-5-1-6-14-25)42-21-33(22-43-30(39)35-26-15-7-2-8-16-26,23-44-31(40)36-27-17-9-3-10-18-27)24-45-32(41)37-28-19-11-4-12-20-28;1-2-27(18-34-24(31)28-21-12-6-3-7-13-21,19-35-25(32)29-22-14-8-4-9-15-22)20-36-26(33)30-23-16-10-5-11-17-23;28-22(25-18-10-4-1-5-11-18)31-16-21(33-24(30)27-20-14-8-3-9-15-20)17-32-23(29)26-19-12-6-2-7-13-19;27-22(18-10-4-1-5-11-18)32-21(16-30-23(28)25-19-12-6-2-7-13-19)17-31-24(29)26-20-14-8-3-9-15-20/h1-20H,21-24H2,(H,34,38)(H,35,39)(H,36,40)(H,37,41);3-17H,2,18-20H2,1H3,(H,28,31)(H,29,32)(H,30,33);1-15,21H,16-17H2,(H,25,28)(H,26,29)(H,27,30);1-15,21H,16-17H2,(H,25,28)(H,26,29). The molecule has 0 unspecified atom stereocenters. The van der Waals surface area contributed by atoms with Crippen LogP contribution in [0.2, 0.25) is 0 Å². The highest BCUT2D eigenvalue weighted by Crippen LogP contribution is 2.28. The molecule has 13 aromatic rings. The second kappa shape index (κ2) is 61.1. The fraction of sp³-hybridized carbons (Fsp3) is 0.157. The molecule has 12 amide bonds. The summed E-state index contributed by atoms with van der Waals surface area (Å²) in [7, 11) is 0. The van der Waals surface area contributed by atoms with Crippen molar-refractivity contribution in [3.8, 4) is 0 Å². The summed E-state index contributed by atoms with van der Waals surface area (Å²) in [6, 6.07) is 113. The molecule has 0 aliphatic heterocycles. The van der Waals surface area contributed by atoms with E-state index >= 15 is 0 Å². The lowest BCUT2D eigenvalue weighted by molar-refractivity contribution is -0.0421. The SMILES string of the molecule is CCC(COC(=O)Nc1ccccc1)(COC(=O)Nc1ccccc1)COC(=O)Nc1ccccc1.O=C(Nc1ccccc1)OCC(COC(=O)Nc1ccccc1)(COC(=O)Nc1ccccc1)COC(=O)Nc1ccccc1.O=C(Nc1ccccc1)OCC(COC(=O)Nc1ccccc1)OC(=O)Nc1ccccc1.O=C(Nc1ccccc1)OCC(COC(=O)Nc1ccccc1)OC(=O)c1ccccc1. The average Bonchev–Trinajstić information content (AvgIpc) is 0.844. The van der Waals surface area contributed by atoms with Crippen LogP contribution < -0.4 is 63.8 Å². The first-order chi connectivity index (χ1) is 71.0. The summed E-state index contributed by atoms with van der Waals surface area (Å²) in [4.78, 5) is 161. The fourth-order valence-corrected chi connectivity index (χ4v) is 12.2. The molecule has 13 aromatic carbocycles. The van der Waals surface area contributed by atoms with Gasteiger partial charge in [-0.1, -0.05) is 244 Å². The predicted octanol–water partition coefficient (Wildman–Crippen LogP) is 22.9. The largest absolute Gasteiger partial charge is 0.451 e. The van der Waals surface area contributed by atoms with Crippen LogP contribution in [0.5, 0.6) is 0 Å². The third-order valence-electron chi connectivity index (χ3n) is 19.7. The number of hydrogen-bond donors (Lipinski definition) is 12. The molecule has 0 heterocycles. The van der Waals surface area contributed by atoms with Gasteiger partial charge < -0.3 is 61.6 Å². The number of carbonyl (C=O) groups is 13. The lowest BCUT2D eigenvalue weighted by atomic mass is 9.88. The Morgan fingerprint density at radius 1 is 0.178 bits per heavy atom. The maximum atomic E-state index is 12.7. The number of carbonyl (C=O) groups excluding carboxylic acids is 13. The number of amides is 12. The summed E-state index contributed by atoms with van der Waals surface area (Å²) in [6.07, 6.45) is -10.8. The van der Waals surface area contributed by atoms with E-state index in [0.717, 1.165) is 0 Å². The minimum Gasteiger partial charge on any atom is -0.451 e. The molecule has 0 spiro atoms. The van der Waals surface area contributed by atoms with Crippen LogP contribution >= 0.6 is 0 Å². The number of rotatable bonds is 38. The topological polar surface area (TPSA) is 486 Å². The summed E-state index contributed by atoms with van der Waals surface area (Å²) in [5.74, 6) is -0.630. The molecule has 38 nitrogen and oxygen atoms in total. The zero-order chi connectivity index (χ0) is 103. The zero-order valence-electron chi connectivity index (χ0n) is 78.8. The number of hydrogen-bond acceptors (Lipinski definition) is 26. The number of ether oxygens (including phenoxy) is 13. The van der Waals surface area contributed by atoms with Gasteiger partial charge in [-0.15, -0.1) is 0 Å².